The molecule has 1 saturated carbocycles. The number of esters is 1. The molecule has 0 saturated heterocycles. The quantitative estimate of drug-likeness (QED) is 0.144. The molecule has 0 aliphatic heterocycles. The highest BCUT2D eigenvalue weighted by atomic mass is 32.1. The number of rotatable bonds is 19. The Kier molecular flexibility index (Phi) is 20.2. The zero-order valence-electron chi connectivity index (χ0n) is 20.6. The Morgan fingerprint density at radius 1 is 0.645 bits per heavy atom. The lowest BCUT2D eigenvalue weighted by Gasteiger charge is -2.22. The second-order valence-corrected chi connectivity index (χ2v) is 10.5. The summed E-state index contributed by atoms with van der Waals surface area (Å²) in [7, 11) is 0. The summed E-state index contributed by atoms with van der Waals surface area (Å²) in [4.78, 5) is 12.1. The number of carbonyl (C=O) groups excluding carboxylic acids is 1. The molecule has 0 aromatic rings. The van der Waals surface area contributed by atoms with Gasteiger partial charge in [-0.25, -0.2) is 0 Å². The number of hydrogen-bond donors (Lipinski definition) is 0. The third-order valence-electron chi connectivity index (χ3n) is 6.78. The van der Waals surface area contributed by atoms with Gasteiger partial charge < -0.3 is 4.74 Å². The SMILES string of the molecule is [CH2]CCCCCCCCCCCCCCCCCCC(=O)OC1CCCC([S])CCC1. The summed E-state index contributed by atoms with van der Waals surface area (Å²) in [6.07, 6.45) is 29.9. The second kappa shape index (κ2) is 21.7. The maximum absolute atomic E-state index is 12.1. The van der Waals surface area contributed by atoms with E-state index in [-0.39, 0.29) is 12.1 Å². The molecule has 2 nitrogen and oxygen atoms in total. The Labute approximate surface area is 200 Å². The number of hydrogen-bond acceptors (Lipinski definition) is 2. The highest BCUT2D eigenvalue weighted by Crippen LogP contribution is 2.23. The van der Waals surface area contributed by atoms with Gasteiger partial charge in [0.05, 0.1) is 0 Å². The molecule has 0 spiro atoms. The second-order valence-electron chi connectivity index (χ2n) is 9.86. The molecule has 3 heteroatoms. The van der Waals surface area contributed by atoms with Crippen molar-refractivity contribution in [3.05, 3.63) is 6.92 Å². The van der Waals surface area contributed by atoms with Crippen LogP contribution in [0.3, 0.4) is 0 Å². The summed E-state index contributed by atoms with van der Waals surface area (Å²) >= 11 is 5.41. The van der Waals surface area contributed by atoms with Crippen molar-refractivity contribution in [2.45, 2.75) is 165 Å². The van der Waals surface area contributed by atoms with Crippen molar-refractivity contribution in [2.75, 3.05) is 0 Å². The van der Waals surface area contributed by atoms with E-state index in [9.17, 15) is 4.79 Å². The molecular formula is C28H52O2S. The molecule has 0 bridgehead atoms. The molecule has 0 aromatic carbocycles. The first-order valence-corrected chi connectivity index (χ1v) is 14.3. The molecule has 2 radical (unpaired) electrons. The van der Waals surface area contributed by atoms with E-state index in [4.69, 9.17) is 17.4 Å². The first-order chi connectivity index (χ1) is 15.2. The fourth-order valence-electron chi connectivity index (χ4n) is 4.72. The van der Waals surface area contributed by atoms with Crippen molar-refractivity contribution in [1.82, 2.24) is 0 Å². The Hall–Kier alpha value is -0.180. The fraction of sp³-hybridized carbons (Fsp3) is 0.929. The first-order valence-electron chi connectivity index (χ1n) is 13.9. The van der Waals surface area contributed by atoms with Gasteiger partial charge in [0, 0.05) is 11.7 Å². The van der Waals surface area contributed by atoms with Gasteiger partial charge in [-0.3, -0.25) is 4.79 Å². The fourth-order valence-corrected chi connectivity index (χ4v) is 5.05. The molecule has 0 unspecified atom stereocenters. The van der Waals surface area contributed by atoms with Gasteiger partial charge in [-0.2, -0.15) is 0 Å². The summed E-state index contributed by atoms with van der Waals surface area (Å²) in [5, 5.41) is 0.435. The van der Waals surface area contributed by atoms with Crippen LogP contribution in [0.4, 0.5) is 0 Å². The minimum atomic E-state index is 0.0266. The van der Waals surface area contributed by atoms with Crippen LogP contribution in [0, 0.1) is 6.92 Å². The summed E-state index contributed by atoms with van der Waals surface area (Å²) in [6.45, 7) is 3.90. The average molecular weight is 453 g/mol. The van der Waals surface area contributed by atoms with Gasteiger partial charge in [0.1, 0.15) is 6.10 Å². The Balaban J connectivity index is 1.78. The van der Waals surface area contributed by atoms with Gasteiger partial charge in [0.2, 0.25) is 0 Å². The molecule has 31 heavy (non-hydrogen) atoms. The van der Waals surface area contributed by atoms with Crippen LogP contribution >= 0.6 is 12.6 Å². The zero-order chi connectivity index (χ0) is 22.4. The summed E-state index contributed by atoms with van der Waals surface area (Å²) < 4.78 is 5.72. The van der Waals surface area contributed by atoms with Gasteiger partial charge in [-0.1, -0.05) is 122 Å². The molecule has 1 fully saturated rings. The highest BCUT2D eigenvalue weighted by molar-refractivity contribution is 7.80. The van der Waals surface area contributed by atoms with Crippen LogP contribution in [0.1, 0.15) is 154 Å². The molecule has 182 valence electrons. The molecule has 0 amide bonds. The first kappa shape index (κ1) is 28.9. The molecule has 0 atom stereocenters. The average Bonchev–Trinajstić information content (AvgIpc) is 2.74. The molecule has 1 aliphatic carbocycles. The van der Waals surface area contributed by atoms with Gasteiger partial charge in [0.25, 0.3) is 0 Å². The maximum Gasteiger partial charge on any atom is 0.306 e. The van der Waals surface area contributed by atoms with E-state index in [1.807, 2.05) is 0 Å². The van der Waals surface area contributed by atoms with Gasteiger partial charge in [-0.15, -0.1) is 0 Å². The Bertz CT molecular complexity index is 388. The van der Waals surface area contributed by atoms with E-state index >= 15 is 0 Å². The molecule has 0 aromatic heterocycles. The van der Waals surface area contributed by atoms with E-state index in [0.29, 0.717) is 11.7 Å². The van der Waals surface area contributed by atoms with E-state index < -0.39 is 0 Å². The minimum absolute atomic E-state index is 0.0266. The predicted molar refractivity (Wildman–Crippen MR) is 137 cm³/mol. The summed E-state index contributed by atoms with van der Waals surface area (Å²) in [6, 6.07) is 0. The van der Waals surface area contributed by atoms with Crippen molar-refractivity contribution < 1.29 is 9.53 Å². The topological polar surface area (TPSA) is 26.3 Å². The van der Waals surface area contributed by atoms with E-state index in [2.05, 4.69) is 6.92 Å². The van der Waals surface area contributed by atoms with Crippen molar-refractivity contribution >= 4 is 18.6 Å². The Morgan fingerprint density at radius 2 is 1.03 bits per heavy atom. The summed E-state index contributed by atoms with van der Waals surface area (Å²) in [5.41, 5.74) is 0. The van der Waals surface area contributed by atoms with Crippen LogP contribution in [0.25, 0.3) is 0 Å². The lowest BCUT2D eigenvalue weighted by molar-refractivity contribution is -0.150. The molecule has 0 heterocycles. The lowest BCUT2D eigenvalue weighted by atomic mass is 9.98. The van der Waals surface area contributed by atoms with Crippen LogP contribution in [0.2, 0.25) is 0 Å². The largest absolute Gasteiger partial charge is 0.462 e. The standard InChI is InChI=1S/C28H52O2S/c1-2-3-4-5-6-7-8-9-10-11-12-13-14-15-16-17-18-25-28(29)30-26-21-19-23-27(31)24-20-22-26/h26-27H,1-25H2. The molecule has 1 aliphatic rings. The van der Waals surface area contributed by atoms with Crippen molar-refractivity contribution in [1.29, 1.82) is 0 Å². The van der Waals surface area contributed by atoms with Crippen LogP contribution < -0.4 is 0 Å². The van der Waals surface area contributed by atoms with Crippen molar-refractivity contribution in [3.63, 3.8) is 0 Å². The van der Waals surface area contributed by atoms with E-state index in [1.165, 1.54) is 96.3 Å². The van der Waals surface area contributed by atoms with E-state index in [1.54, 1.807) is 0 Å². The predicted octanol–water partition coefficient (Wildman–Crippen LogP) is 9.67. The summed E-state index contributed by atoms with van der Waals surface area (Å²) in [5.74, 6) is 0.0266. The molecular weight excluding hydrogens is 400 g/mol. The smallest absolute Gasteiger partial charge is 0.306 e. The van der Waals surface area contributed by atoms with Crippen LogP contribution in [0.5, 0.6) is 0 Å². The third-order valence-corrected chi connectivity index (χ3v) is 7.25. The number of ether oxygens (including phenoxy) is 1. The lowest BCUT2D eigenvalue weighted by Crippen LogP contribution is -2.20. The maximum atomic E-state index is 12.1. The van der Waals surface area contributed by atoms with Crippen LogP contribution in [0.15, 0.2) is 0 Å². The van der Waals surface area contributed by atoms with Gasteiger partial charge in [0.15, 0.2) is 0 Å². The van der Waals surface area contributed by atoms with Crippen molar-refractivity contribution in [3.8, 4) is 0 Å². The van der Waals surface area contributed by atoms with Crippen LogP contribution in [-0.2, 0) is 9.53 Å². The highest BCUT2D eigenvalue weighted by Gasteiger charge is 2.18. The zero-order valence-corrected chi connectivity index (χ0v) is 21.4. The monoisotopic (exact) mass is 452 g/mol. The Morgan fingerprint density at radius 3 is 1.45 bits per heavy atom. The molecule has 0 N–H and O–H groups in total. The molecule has 1 rings (SSSR count). The van der Waals surface area contributed by atoms with Crippen LogP contribution in [-0.4, -0.2) is 17.3 Å². The van der Waals surface area contributed by atoms with Gasteiger partial charge >= 0.3 is 5.97 Å². The normalized spacial score (nSPS) is 19.7. The van der Waals surface area contributed by atoms with Crippen molar-refractivity contribution in [2.24, 2.45) is 0 Å². The van der Waals surface area contributed by atoms with Gasteiger partial charge in [-0.05, 0) is 44.9 Å². The third kappa shape index (κ3) is 19.0. The number of carbonyl (C=O) groups is 1. The minimum Gasteiger partial charge on any atom is -0.462 e. The van der Waals surface area contributed by atoms with E-state index in [0.717, 1.165) is 51.4 Å². The number of unbranched alkanes of at least 4 members (excludes halogenated alkanes) is 16.